The van der Waals surface area contributed by atoms with Crippen molar-refractivity contribution in [1.82, 2.24) is 19.7 Å². The zero-order valence-corrected chi connectivity index (χ0v) is 17.1. The number of H-pyrrole nitrogens is 1. The molecule has 1 saturated heterocycles. The van der Waals surface area contributed by atoms with Gasteiger partial charge >= 0.3 is 0 Å². The Morgan fingerprint density at radius 2 is 1.97 bits per heavy atom. The van der Waals surface area contributed by atoms with Crippen molar-refractivity contribution in [1.29, 1.82) is 0 Å². The molecule has 1 N–H and O–H groups in total. The minimum atomic E-state index is -0.0882. The quantitative estimate of drug-likeness (QED) is 0.638. The van der Waals surface area contributed by atoms with Crippen molar-refractivity contribution in [3.05, 3.63) is 64.3 Å². The molecule has 2 aromatic heterocycles. The molecule has 1 aliphatic rings. The van der Waals surface area contributed by atoms with Crippen LogP contribution in [0.4, 0.5) is 0 Å². The Balaban J connectivity index is 1.26. The summed E-state index contributed by atoms with van der Waals surface area (Å²) in [4.78, 5) is 42.1. The van der Waals surface area contributed by atoms with Gasteiger partial charge in [-0.05, 0) is 43.2 Å². The van der Waals surface area contributed by atoms with Crippen LogP contribution < -0.4 is 5.56 Å². The number of benzene rings is 1. The number of carbonyl (C=O) groups excluding carboxylic acids is 2. The first kappa shape index (κ1) is 20.1. The molecule has 1 aromatic carbocycles. The van der Waals surface area contributed by atoms with Crippen LogP contribution in [0.25, 0.3) is 10.8 Å². The summed E-state index contributed by atoms with van der Waals surface area (Å²) in [6.07, 6.45) is 6.52. The van der Waals surface area contributed by atoms with Crippen LogP contribution in [0.1, 0.15) is 41.7 Å². The van der Waals surface area contributed by atoms with Crippen molar-refractivity contribution >= 4 is 22.5 Å². The molecule has 30 heavy (non-hydrogen) atoms. The Labute approximate surface area is 174 Å². The zero-order chi connectivity index (χ0) is 21.1. The Hall–Kier alpha value is -3.22. The van der Waals surface area contributed by atoms with E-state index >= 15 is 0 Å². The van der Waals surface area contributed by atoms with Crippen molar-refractivity contribution in [3.63, 3.8) is 0 Å². The second-order valence-electron chi connectivity index (χ2n) is 7.99. The predicted octanol–water partition coefficient (Wildman–Crippen LogP) is 2.71. The Morgan fingerprint density at radius 1 is 1.20 bits per heavy atom. The zero-order valence-electron chi connectivity index (χ0n) is 17.1. The molecule has 1 aliphatic heterocycles. The van der Waals surface area contributed by atoms with Gasteiger partial charge in [0.1, 0.15) is 0 Å². The van der Waals surface area contributed by atoms with E-state index in [9.17, 15) is 14.4 Å². The number of ketones is 1. The number of nitrogens with one attached hydrogen (secondary N) is 1. The first-order chi connectivity index (χ1) is 14.5. The summed E-state index contributed by atoms with van der Waals surface area (Å²) in [5, 5.41) is 5.67. The summed E-state index contributed by atoms with van der Waals surface area (Å²) in [6.45, 7) is 1.23. The van der Waals surface area contributed by atoms with Gasteiger partial charge in [-0.2, -0.15) is 5.10 Å². The second kappa shape index (κ2) is 8.65. The maximum absolute atomic E-state index is 12.6. The molecule has 1 amide bonds. The fraction of sp³-hybridized carbons (Fsp3) is 0.391. The average Bonchev–Trinajstić information content (AvgIpc) is 3.19. The molecule has 0 aliphatic carbocycles. The molecule has 156 valence electrons. The summed E-state index contributed by atoms with van der Waals surface area (Å²) in [6, 6.07) is 9.48. The normalized spacial score (nSPS) is 14.9. The Bertz CT molecular complexity index is 1120. The average molecular weight is 406 g/mol. The molecular formula is C23H26N4O3. The fourth-order valence-electron chi connectivity index (χ4n) is 4.16. The molecule has 4 rings (SSSR count). The summed E-state index contributed by atoms with van der Waals surface area (Å²) in [5.41, 5.74) is 1.41. The molecule has 0 saturated carbocycles. The molecular weight excluding hydrogens is 380 g/mol. The second-order valence-corrected chi connectivity index (χ2v) is 7.99. The van der Waals surface area contributed by atoms with Gasteiger partial charge in [-0.1, -0.05) is 18.2 Å². The first-order valence-electron chi connectivity index (χ1n) is 10.4. The van der Waals surface area contributed by atoms with E-state index in [0.29, 0.717) is 56.1 Å². The van der Waals surface area contributed by atoms with Crippen LogP contribution in [0.15, 0.2) is 47.5 Å². The summed E-state index contributed by atoms with van der Waals surface area (Å²) < 4.78 is 1.63. The van der Waals surface area contributed by atoms with Gasteiger partial charge < -0.3 is 9.88 Å². The number of aromatic nitrogens is 3. The SMILES string of the molecule is Cn1cc(C(=O)C2CCN(C(=O)CCCc3cc4ccccc4c(=O)[nH]3)CC2)cn1. The van der Waals surface area contributed by atoms with Crippen LogP contribution in [0, 0.1) is 5.92 Å². The van der Waals surface area contributed by atoms with E-state index in [1.807, 2.05) is 35.2 Å². The van der Waals surface area contributed by atoms with E-state index in [1.165, 1.54) is 0 Å². The number of hydrogen-bond donors (Lipinski definition) is 1. The molecule has 3 aromatic rings. The van der Waals surface area contributed by atoms with Crippen LogP contribution in [0.3, 0.4) is 0 Å². The van der Waals surface area contributed by atoms with E-state index in [-0.39, 0.29) is 23.2 Å². The van der Waals surface area contributed by atoms with E-state index in [1.54, 1.807) is 24.1 Å². The third-order valence-corrected chi connectivity index (χ3v) is 5.85. The molecule has 0 unspecified atom stereocenters. The number of pyridine rings is 1. The van der Waals surface area contributed by atoms with E-state index < -0.39 is 0 Å². The number of nitrogens with zero attached hydrogens (tertiary/aromatic N) is 3. The number of carbonyl (C=O) groups is 2. The molecule has 3 heterocycles. The lowest BCUT2D eigenvalue weighted by Gasteiger charge is -2.31. The largest absolute Gasteiger partial charge is 0.343 e. The van der Waals surface area contributed by atoms with Gasteiger partial charge in [-0.25, -0.2) is 0 Å². The van der Waals surface area contributed by atoms with Crippen LogP contribution >= 0.6 is 0 Å². The maximum Gasteiger partial charge on any atom is 0.256 e. The predicted molar refractivity (Wildman–Crippen MR) is 114 cm³/mol. The number of piperidine rings is 1. The monoisotopic (exact) mass is 406 g/mol. The third-order valence-electron chi connectivity index (χ3n) is 5.85. The van der Waals surface area contributed by atoms with Gasteiger partial charge in [0.05, 0.1) is 11.8 Å². The number of Topliss-reactive ketones (excluding diaryl/α,β-unsaturated/α-hetero) is 1. The molecule has 0 atom stereocenters. The minimum Gasteiger partial charge on any atom is -0.343 e. The lowest BCUT2D eigenvalue weighted by Crippen LogP contribution is -2.40. The van der Waals surface area contributed by atoms with E-state index in [0.717, 1.165) is 11.1 Å². The first-order valence-corrected chi connectivity index (χ1v) is 10.4. The summed E-state index contributed by atoms with van der Waals surface area (Å²) >= 11 is 0. The smallest absolute Gasteiger partial charge is 0.256 e. The summed E-state index contributed by atoms with van der Waals surface area (Å²) in [5.74, 6) is 0.196. The van der Waals surface area contributed by atoms with Gasteiger partial charge in [0, 0.05) is 49.8 Å². The van der Waals surface area contributed by atoms with Gasteiger partial charge in [0.25, 0.3) is 5.56 Å². The van der Waals surface area contributed by atoms with Crippen molar-refractivity contribution in [2.75, 3.05) is 13.1 Å². The highest BCUT2D eigenvalue weighted by Crippen LogP contribution is 2.22. The number of likely N-dealkylation sites (tertiary alicyclic amines) is 1. The van der Waals surface area contributed by atoms with Crippen LogP contribution in [-0.2, 0) is 18.3 Å². The van der Waals surface area contributed by atoms with Gasteiger partial charge in [0.15, 0.2) is 5.78 Å². The lowest BCUT2D eigenvalue weighted by atomic mass is 9.90. The molecule has 1 fully saturated rings. The molecule has 0 bridgehead atoms. The minimum absolute atomic E-state index is 0.0408. The lowest BCUT2D eigenvalue weighted by molar-refractivity contribution is -0.132. The van der Waals surface area contributed by atoms with Gasteiger partial charge in [0.2, 0.25) is 5.91 Å². The number of aromatic amines is 1. The van der Waals surface area contributed by atoms with Gasteiger partial charge in [-0.3, -0.25) is 19.1 Å². The molecule has 7 heteroatoms. The number of rotatable bonds is 6. The van der Waals surface area contributed by atoms with Crippen molar-refractivity contribution in [2.24, 2.45) is 13.0 Å². The number of amides is 1. The number of hydrogen-bond acceptors (Lipinski definition) is 4. The Kier molecular flexibility index (Phi) is 5.79. The Morgan fingerprint density at radius 3 is 2.70 bits per heavy atom. The summed E-state index contributed by atoms with van der Waals surface area (Å²) in [7, 11) is 1.80. The molecule has 0 spiro atoms. The van der Waals surface area contributed by atoms with Gasteiger partial charge in [-0.15, -0.1) is 0 Å². The van der Waals surface area contributed by atoms with Crippen molar-refractivity contribution in [3.8, 4) is 0 Å². The highest BCUT2D eigenvalue weighted by atomic mass is 16.2. The molecule has 0 radical (unpaired) electrons. The van der Waals surface area contributed by atoms with Crippen LogP contribution in [-0.4, -0.2) is 44.4 Å². The topological polar surface area (TPSA) is 88.1 Å². The molecule has 7 nitrogen and oxygen atoms in total. The van der Waals surface area contributed by atoms with Crippen LogP contribution in [0.5, 0.6) is 0 Å². The number of fused-ring (bicyclic) bond motifs is 1. The van der Waals surface area contributed by atoms with Crippen molar-refractivity contribution < 1.29 is 9.59 Å². The van der Waals surface area contributed by atoms with Crippen molar-refractivity contribution in [2.45, 2.75) is 32.1 Å². The van der Waals surface area contributed by atoms with Crippen LogP contribution in [0.2, 0.25) is 0 Å². The number of aryl methyl sites for hydroxylation is 2. The highest BCUT2D eigenvalue weighted by Gasteiger charge is 2.28. The maximum atomic E-state index is 12.6. The fourth-order valence-corrected chi connectivity index (χ4v) is 4.16. The standard InChI is InChI=1S/C23H26N4O3/c1-26-15-18(14-24-26)22(29)16-9-11-27(12-10-16)21(28)8-4-6-19-13-17-5-2-3-7-20(17)23(30)25-19/h2-3,5,7,13-16H,4,6,8-12H2,1H3,(H,25,30). The third kappa shape index (κ3) is 4.35. The van der Waals surface area contributed by atoms with E-state index in [4.69, 9.17) is 0 Å². The van der Waals surface area contributed by atoms with E-state index in [2.05, 4.69) is 10.1 Å². The highest BCUT2D eigenvalue weighted by molar-refractivity contribution is 5.97.